The molecule has 2 amide bonds. The van der Waals surface area contributed by atoms with E-state index in [4.69, 9.17) is 4.74 Å². The number of rotatable bonds is 5. The Morgan fingerprint density at radius 2 is 2.19 bits per heavy atom. The summed E-state index contributed by atoms with van der Waals surface area (Å²) in [6.45, 7) is 10.0. The SMILES string of the molecule is C=CCN(CCCC)C(=O)N1CCOCC1. The molecular formula is C12H22N2O2. The van der Waals surface area contributed by atoms with E-state index in [1.165, 1.54) is 0 Å². The second-order valence-corrected chi connectivity index (χ2v) is 3.97. The van der Waals surface area contributed by atoms with Gasteiger partial charge in [-0.25, -0.2) is 4.79 Å². The van der Waals surface area contributed by atoms with Gasteiger partial charge in [-0.2, -0.15) is 0 Å². The molecule has 4 heteroatoms. The molecule has 1 rings (SSSR count). The maximum absolute atomic E-state index is 12.1. The topological polar surface area (TPSA) is 32.8 Å². The Kier molecular flexibility index (Phi) is 5.93. The van der Waals surface area contributed by atoms with Crippen molar-refractivity contribution in [1.82, 2.24) is 9.80 Å². The number of nitrogens with zero attached hydrogens (tertiary/aromatic N) is 2. The highest BCUT2D eigenvalue weighted by Crippen LogP contribution is 2.05. The van der Waals surface area contributed by atoms with Crippen LogP contribution in [0.1, 0.15) is 19.8 Å². The van der Waals surface area contributed by atoms with Crippen molar-refractivity contribution in [2.75, 3.05) is 39.4 Å². The average molecular weight is 226 g/mol. The molecule has 0 bridgehead atoms. The molecule has 0 radical (unpaired) electrons. The van der Waals surface area contributed by atoms with Crippen LogP contribution < -0.4 is 0 Å². The molecule has 0 unspecified atom stereocenters. The first-order valence-corrected chi connectivity index (χ1v) is 6.02. The second-order valence-electron chi connectivity index (χ2n) is 3.97. The summed E-state index contributed by atoms with van der Waals surface area (Å²) < 4.78 is 5.24. The third-order valence-corrected chi connectivity index (χ3v) is 2.68. The van der Waals surface area contributed by atoms with Gasteiger partial charge in [-0.05, 0) is 6.42 Å². The van der Waals surface area contributed by atoms with Crippen molar-refractivity contribution in [2.45, 2.75) is 19.8 Å². The van der Waals surface area contributed by atoms with Crippen molar-refractivity contribution in [1.29, 1.82) is 0 Å². The molecule has 0 saturated carbocycles. The number of carbonyl (C=O) groups is 1. The summed E-state index contributed by atoms with van der Waals surface area (Å²) in [4.78, 5) is 15.9. The van der Waals surface area contributed by atoms with Gasteiger partial charge in [0, 0.05) is 26.2 Å². The minimum Gasteiger partial charge on any atom is -0.378 e. The Labute approximate surface area is 97.9 Å². The molecule has 1 fully saturated rings. The zero-order valence-corrected chi connectivity index (χ0v) is 10.2. The summed E-state index contributed by atoms with van der Waals surface area (Å²) in [6.07, 6.45) is 3.93. The van der Waals surface area contributed by atoms with E-state index in [1.807, 2.05) is 9.80 Å². The molecule has 0 aromatic heterocycles. The first-order chi connectivity index (χ1) is 7.79. The summed E-state index contributed by atoms with van der Waals surface area (Å²) in [6, 6.07) is 0.122. The molecule has 0 N–H and O–H groups in total. The standard InChI is InChI=1S/C12H22N2O2/c1-3-5-7-13(6-4-2)12(15)14-8-10-16-11-9-14/h4H,2-3,5-11H2,1H3. The van der Waals surface area contributed by atoms with Crippen LogP contribution in [-0.4, -0.2) is 55.2 Å². The molecule has 0 aromatic rings. The van der Waals surface area contributed by atoms with Crippen molar-refractivity contribution in [3.8, 4) is 0 Å². The number of ether oxygens (including phenoxy) is 1. The van der Waals surface area contributed by atoms with Gasteiger partial charge in [0.1, 0.15) is 0 Å². The fraction of sp³-hybridized carbons (Fsp3) is 0.750. The maximum Gasteiger partial charge on any atom is 0.320 e. The highest BCUT2D eigenvalue weighted by Gasteiger charge is 2.21. The lowest BCUT2D eigenvalue weighted by molar-refractivity contribution is 0.0441. The molecule has 1 aliphatic heterocycles. The zero-order chi connectivity index (χ0) is 11.8. The average Bonchev–Trinajstić information content (AvgIpc) is 2.35. The molecule has 1 aliphatic rings. The van der Waals surface area contributed by atoms with Crippen molar-refractivity contribution in [3.63, 3.8) is 0 Å². The number of carbonyl (C=O) groups excluding carboxylic acids is 1. The summed E-state index contributed by atoms with van der Waals surface area (Å²) in [5, 5.41) is 0. The molecule has 0 spiro atoms. The van der Waals surface area contributed by atoms with Gasteiger partial charge in [0.2, 0.25) is 0 Å². The summed E-state index contributed by atoms with van der Waals surface area (Å²) in [5.74, 6) is 0. The minimum absolute atomic E-state index is 0.122. The van der Waals surface area contributed by atoms with Gasteiger partial charge >= 0.3 is 6.03 Å². The predicted octanol–water partition coefficient (Wildman–Crippen LogP) is 1.73. The molecule has 16 heavy (non-hydrogen) atoms. The van der Waals surface area contributed by atoms with E-state index >= 15 is 0 Å². The normalized spacial score (nSPS) is 15.9. The van der Waals surface area contributed by atoms with Crippen LogP contribution in [0.3, 0.4) is 0 Å². The minimum atomic E-state index is 0.122. The lowest BCUT2D eigenvalue weighted by atomic mass is 10.3. The number of hydrogen-bond donors (Lipinski definition) is 0. The monoisotopic (exact) mass is 226 g/mol. The third-order valence-electron chi connectivity index (χ3n) is 2.68. The zero-order valence-electron chi connectivity index (χ0n) is 10.2. The molecule has 0 aliphatic carbocycles. The van der Waals surface area contributed by atoms with E-state index in [9.17, 15) is 4.79 Å². The van der Waals surface area contributed by atoms with Crippen LogP contribution in [0.15, 0.2) is 12.7 Å². The van der Waals surface area contributed by atoms with Crippen LogP contribution in [0.25, 0.3) is 0 Å². The maximum atomic E-state index is 12.1. The van der Waals surface area contributed by atoms with E-state index in [-0.39, 0.29) is 6.03 Å². The summed E-state index contributed by atoms with van der Waals surface area (Å²) in [5.41, 5.74) is 0. The Morgan fingerprint density at radius 1 is 1.50 bits per heavy atom. The number of amides is 2. The molecule has 4 nitrogen and oxygen atoms in total. The lowest BCUT2D eigenvalue weighted by Gasteiger charge is -2.32. The van der Waals surface area contributed by atoms with Crippen LogP contribution in [0.2, 0.25) is 0 Å². The van der Waals surface area contributed by atoms with Gasteiger partial charge in [0.25, 0.3) is 0 Å². The molecule has 0 aromatic carbocycles. The van der Waals surface area contributed by atoms with Gasteiger partial charge < -0.3 is 14.5 Å². The van der Waals surface area contributed by atoms with E-state index < -0.39 is 0 Å². The first kappa shape index (κ1) is 13.0. The van der Waals surface area contributed by atoms with Crippen LogP contribution in [0, 0.1) is 0 Å². The third kappa shape index (κ3) is 3.85. The number of hydrogen-bond acceptors (Lipinski definition) is 2. The molecule has 1 saturated heterocycles. The number of morpholine rings is 1. The fourth-order valence-electron chi connectivity index (χ4n) is 1.72. The Balaban J connectivity index is 2.47. The van der Waals surface area contributed by atoms with Gasteiger partial charge in [-0.1, -0.05) is 19.4 Å². The van der Waals surface area contributed by atoms with Gasteiger partial charge in [-0.3, -0.25) is 0 Å². The quantitative estimate of drug-likeness (QED) is 0.669. The number of unbranched alkanes of at least 4 members (excludes halogenated alkanes) is 1. The highest BCUT2D eigenvalue weighted by atomic mass is 16.5. The molecule has 0 atom stereocenters. The lowest BCUT2D eigenvalue weighted by Crippen LogP contribution is -2.48. The van der Waals surface area contributed by atoms with Crippen LogP contribution in [0.5, 0.6) is 0 Å². The van der Waals surface area contributed by atoms with E-state index in [0.29, 0.717) is 32.8 Å². The van der Waals surface area contributed by atoms with Crippen molar-refractivity contribution < 1.29 is 9.53 Å². The second kappa shape index (κ2) is 7.28. The number of urea groups is 1. The van der Waals surface area contributed by atoms with Crippen molar-refractivity contribution in [3.05, 3.63) is 12.7 Å². The molecular weight excluding hydrogens is 204 g/mol. The van der Waals surface area contributed by atoms with E-state index in [0.717, 1.165) is 19.4 Å². The van der Waals surface area contributed by atoms with Crippen LogP contribution in [-0.2, 0) is 4.74 Å². The molecule has 1 heterocycles. The largest absolute Gasteiger partial charge is 0.378 e. The van der Waals surface area contributed by atoms with E-state index in [1.54, 1.807) is 6.08 Å². The summed E-state index contributed by atoms with van der Waals surface area (Å²) in [7, 11) is 0. The first-order valence-electron chi connectivity index (χ1n) is 6.02. The Bertz CT molecular complexity index is 225. The fourth-order valence-corrected chi connectivity index (χ4v) is 1.72. The van der Waals surface area contributed by atoms with Crippen molar-refractivity contribution >= 4 is 6.03 Å². The van der Waals surface area contributed by atoms with Crippen molar-refractivity contribution in [2.24, 2.45) is 0 Å². The van der Waals surface area contributed by atoms with Crippen LogP contribution in [0.4, 0.5) is 4.79 Å². The Hall–Kier alpha value is -1.03. The molecule has 92 valence electrons. The smallest absolute Gasteiger partial charge is 0.320 e. The van der Waals surface area contributed by atoms with Gasteiger partial charge in [-0.15, -0.1) is 6.58 Å². The van der Waals surface area contributed by atoms with Crippen LogP contribution >= 0.6 is 0 Å². The van der Waals surface area contributed by atoms with Gasteiger partial charge in [0.05, 0.1) is 13.2 Å². The van der Waals surface area contributed by atoms with E-state index in [2.05, 4.69) is 13.5 Å². The Morgan fingerprint density at radius 3 is 2.75 bits per heavy atom. The van der Waals surface area contributed by atoms with Gasteiger partial charge in [0.15, 0.2) is 0 Å². The summed E-state index contributed by atoms with van der Waals surface area (Å²) >= 11 is 0. The predicted molar refractivity (Wildman–Crippen MR) is 64.5 cm³/mol. The highest BCUT2D eigenvalue weighted by molar-refractivity contribution is 5.74.